The van der Waals surface area contributed by atoms with E-state index in [4.69, 9.17) is 16.4 Å². The first-order valence-corrected chi connectivity index (χ1v) is 5.76. The fourth-order valence-electron chi connectivity index (χ4n) is 1.63. The molecule has 1 N–H and O–H groups in total. The smallest absolute Gasteiger partial charge is 0.252 e. The van der Waals surface area contributed by atoms with E-state index in [1.165, 1.54) is 0 Å². The predicted octanol–water partition coefficient (Wildman–Crippen LogP) is 2.23. The molecule has 0 unspecified atom stereocenters. The predicted molar refractivity (Wildman–Crippen MR) is 66.4 cm³/mol. The second-order valence-electron chi connectivity index (χ2n) is 3.95. The summed E-state index contributed by atoms with van der Waals surface area (Å²) in [5, 5.41) is 7.05. The van der Waals surface area contributed by atoms with Crippen LogP contribution in [0.4, 0.5) is 0 Å². The highest BCUT2D eigenvalue weighted by Gasteiger charge is 2.19. The average molecular weight is 253 g/mol. The number of rotatable bonds is 3. The highest BCUT2D eigenvalue weighted by Crippen LogP contribution is 2.15. The maximum absolute atomic E-state index is 11.8. The van der Waals surface area contributed by atoms with Crippen molar-refractivity contribution < 1.29 is 9.63 Å². The molecule has 0 aliphatic carbocycles. The van der Waals surface area contributed by atoms with Gasteiger partial charge in [-0.1, -0.05) is 28.9 Å². The Bertz CT molecular complexity index is 460. The molecule has 0 aromatic heterocycles. The number of benzene rings is 1. The van der Waals surface area contributed by atoms with Crippen molar-refractivity contribution in [1.29, 1.82) is 0 Å². The zero-order valence-electron chi connectivity index (χ0n) is 9.44. The lowest BCUT2D eigenvalue weighted by molar-refractivity contribution is 0.0753. The molecule has 1 aromatic rings. The molecule has 0 spiro atoms. The fraction of sp³-hybridized carbons (Fsp3) is 0.333. The fourth-order valence-corrected chi connectivity index (χ4v) is 1.85. The molecule has 0 bridgehead atoms. The van der Waals surface area contributed by atoms with Gasteiger partial charge in [-0.3, -0.25) is 4.79 Å². The average Bonchev–Trinajstić information content (AvgIpc) is 2.73. The Kier molecular flexibility index (Phi) is 3.64. The first kappa shape index (κ1) is 11.9. The molecule has 1 heterocycles. The molecule has 1 atom stereocenters. The van der Waals surface area contributed by atoms with Crippen molar-refractivity contribution in [3.63, 3.8) is 0 Å². The van der Waals surface area contributed by atoms with E-state index < -0.39 is 0 Å². The van der Waals surface area contributed by atoms with Gasteiger partial charge in [-0.15, -0.1) is 0 Å². The molecule has 2 rings (SSSR count). The Morgan fingerprint density at radius 2 is 2.35 bits per heavy atom. The summed E-state index contributed by atoms with van der Waals surface area (Å²) < 4.78 is 0. The van der Waals surface area contributed by atoms with Crippen LogP contribution in [0.5, 0.6) is 0 Å². The van der Waals surface area contributed by atoms with Crippen LogP contribution in [0, 0.1) is 0 Å². The molecule has 5 heteroatoms. The molecule has 1 aliphatic heterocycles. The number of carbonyl (C=O) groups excluding carboxylic acids is 1. The van der Waals surface area contributed by atoms with E-state index in [-0.39, 0.29) is 12.0 Å². The quantitative estimate of drug-likeness (QED) is 0.897. The highest BCUT2D eigenvalue weighted by molar-refractivity contribution is 6.33. The summed E-state index contributed by atoms with van der Waals surface area (Å²) in [5.74, 6) is -0.191. The van der Waals surface area contributed by atoms with Crippen molar-refractivity contribution in [3.05, 3.63) is 34.9 Å². The van der Waals surface area contributed by atoms with Gasteiger partial charge in [-0.25, -0.2) is 0 Å². The van der Waals surface area contributed by atoms with Gasteiger partial charge in [0.15, 0.2) is 0 Å². The maximum Gasteiger partial charge on any atom is 0.252 e. The van der Waals surface area contributed by atoms with Crippen LogP contribution >= 0.6 is 11.6 Å². The summed E-state index contributed by atoms with van der Waals surface area (Å²) in [6.07, 6.45) is 0.685. The van der Waals surface area contributed by atoms with Gasteiger partial charge in [0.05, 0.1) is 22.8 Å². The van der Waals surface area contributed by atoms with Gasteiger partial charge in [0.25, 0.3) is 5.91 Å². The van der Waals surface area contributed by atoms with Gasteiger partial charge in [0.1, 0.15) is 6.10 Å². The van der Waals surface area contributed by atoms with Crippen LogP contribution in [0.15, 0.2) is 29.4 Å². The third kappa shape index (κ3) is 2.97. The topological polar surface area (TPSA) is 50.7 Å². The summed E-state index contributed by atoms with van der Waals surface area (Å²) in [6.45, 7) is 2.33. The molecular formula is C12H13ClN2O2. The molecule has 0 saturated heterocycles. The molecule has 17 heavy (non-hydrogen) atoms. The molecule has 1 aromatic carbocycles. The first-order chi connectivity index (χ1) is 8.16. The molecule has 90 valence electrons. The molecule has 0 fully saturated rings. The molecule has 4 nitrogen and oxygen atoms in total. The first-order valence-electron chi connectivity index (χ1n) is 5.39. The number of hydrogen-bond donors (Lipinski definition) is 1. The zero-order valence-corrected chi connectivity index (χ0v) is 10.2. The molecular weight excluding hydrogens is 240 g/mol. The normalized spacial score (nSPS) is 18.5. The van der Waals surface area contributed by atoms with E-state index in [0.717, 1.165) is 12.1 Å². The van der Waals surface area contributed by atoms with E-state index in [0.29, 0.717) is 17.1 Å². The van der Waals surface area contributed by atoms with Crippen molar-refractivity contribution in [1.82, 2.24) is 5.32 Å². The number of nitrogens with zero attached hydrogens (tertiary/aromatic N) is 1. The van der Waals surface area contributed by atoms with Crippen LogP contribution in [0.3, 0.4) is 0 Å². The number of halogens is 1. The summed E-state index contributed by atoms with van der Waals surface area (Å²) >= 11 is 5.92. The molecule has 1 amide bonds. The van der Waals surface area contributed by atoms with Crippen molar-refractivity contribution in [2.45, 2.75) is 19.4 Å². The minimum absolute atomic E-state index is 0.0681. The van der Waals surface area contributed by atoms with Crippen molar-refractivity contribution >= 4 is 23.2 Å². The summed E-state index contributed by atoms with van der Waals surface area (Å²) in [6, 6.07) is 6.95. The lowest BCUT2D eigenvalue weighted by atomic mass is 10.2. The van der Waals surface area contributed by atoms with Gasteiger partial charge >= 0.3 is 0 Å². The minimum Gasteiger partial charge on any atom is -0.390 e. The molecule has 1 aliphatic rings. The van der Waals surface area contributed by atoms with E-state index in [1.807, 2.05) is 6.92 Å². The molecule has 0 saturated carbocycles. The number of nitrogens with one attached hydrogen (secondary N) is 1. The van der Waals surface area contributed by atoms with Gasteiger partial charge in [0.2, 0.25) is 0 Å². The van der Waals surface area contributed by atoms with Crippen molar-refractivity contribution in [3.8, 4) is 0 Å². The van der Waals surface area contributed by atoms with Crippen LogP contribution < -0.4 is 5.32 Å². The lowest BCUT2D eigenvalue weighted by Crippen LogP contribution is -2.32. The Morgan fingerprint density at radius 3 is 3.00 bits per heavy atom. The van der Waals surface area contributed by atoms with Crippen molar-refractivity contribution in [2.24, 2.45) is 5.16 Å². The SMILES string of the molecule is CC1=NO[C@H](CNC(=O)c2ccccc2Cl)C1. The Labute approximate surface area is 105 Å². The van der Waals surface area contributed by atoms with Gasteiger partial charge in [-0.2, -0.15) is 0 Å². The standard InChI is InChI=1S/C12H13ClN2O2/c1-8-6-9(17-15-8)7-14-12(16)10-4-2-3-5-11(10)13/h2-5,9H,6-7H2,1H3,(H,14,16)/t9-/m0/s1. The van der Waals surface area contributed by atoms with Gasteiger partial charge < -0.3 is 10.2 Å². The Morgan fingerprint density at radius 1 is 1.59 bits per heavy atom. The van der Waals surface area contributed by atoms with Crippen LogP contribution in [0.25, 0.3) is 0 Å². The van der Waals surface area contributed by atoms with E-state index in [9.17, 15) is 4.79 Å². The monoisotopic (exact) mass is 252 g/mol. The van der Waals surface area contributed by atoms with Crippen LogP contribution in [0.2, 0.25) is 5.02 Å². The second kappa shape index (κ2) is 5.19. The van der Waals surface area contributed by atoms with Gasteiger partial charge in [-0.05, 0) is 19.1 Å². The summed E-state index contributed by atoms with van der Waals surface area (Å²) in [4.78, 5) is 16.9. The Balaban J connectivity index is 1.88. The number of carbonyl (C=O) groups is 1. The third-order valence-corrected chi connectivity index (χ3v) is 2.82. The number of amides is 1. The lowest BCUT2D eigenvalue weighted by Gasteiger charge is -2.10. The Hall–Kier alpha value is -1.55. The maximum atomic E-state index is 11.8. The second-order valence-corrected chi connectivity index (χ2v) is 4.36. The third-order valence-electron chi connectivity index (χ3n) is 2.49. The van der Waals surface area contributed by atoms with E-state index in [1.54, 1.807) is 24.3 Å². The van der Waals surface area contributed by atoms with E-state index >= 15 is 0 Å². The highest BCUT2D eigenvalue weighted by atomic mass is 35.5. The molecule has 0 radical (unpaired) electrons. The summed E-state index contributed by atoms with van der Waals surface area (Å²) in [5.41, 5.74) is 1.42. The zero-order chi connectivity index (χ0) is 12.3. The summed E-state index contributed by atoms with van der Waals surface area (Å²) in [7, 11) is 0. The van der Waals surface area contributed by atoms with Gasteiger partial charge in [0, 0.05) is 6.42 Å². The van der Waals surface area contributed by atoms with Crippen molar-refractivity contribution in [2.75, 3.05) is 6.54 Å². The minimum atomic E-state index is -0.191. The largest absolute Gasteiger partial charge is 0.390 e. The van der Waals surface area contributed by atoms with Crippen LogP contribution in [-0.4, -0.2) is 24.3 Å². The van der Waals surface area contributed by atoms with E-state index in [2.05, 4.69) is 10.5 Å². The van der Waals surface area contributed by atoms with Crippen LogP contribution in [-0.2, 0) is 4.84 Å². The number of hydrogen-bond acceptors (Lipinski definition) is 3. The number of oxime groups is 1. The van der Waals surface area contributed by atoms with Crippen LogP contribution in [0.1, 0.15) is 23.7 Å².